The quantitative estimate of drug-likeness (QED) is 0.451. The standard InChI is InChI=1S/C7H4Cl2F2IN/c8-2-3-1-4(12)5(7(10)11)6(9)13-3/h1,7H,2H2. The van der Waals surface area contributed by atoms with Crippen LogP contribution in [-0.2, 0) is 5.88 Å². The number of hydrogen-bond donors (Lipinski definition) is 0. The molecule has 1 nitrogen and oxygen atoms in total. The van der Waals surface area contributed by atoms with E-state index in [1.165, 1.54) is 6.07 Å². The van der Waals surface area contributed by atoms with Gasteiger partial charge in [-0.25, -0.2) is 13.8 Å². The monoisotopic (exact) mass is 337 g/mol. The summed E-state index contributed by atoms with van der Waals surface area (Å²) in [7, 11) is 0. The van der Waals surface area contributed by atoms with Crippen LogP contribution in [0.4, 0.5) is 8.78 Å². The van der Waals surface area contributed by atoms with Gasteiger partial charge in [-0.2, -0.15) is 0 Å². The average Bonchev–Trinajstić information content (AvgIpc) is 2.02. The van der Waals surface area contributed by atoms with Crippen LogP contribution in [0.1, 0.15) is 17.7 Å². The van der Waals surface area contributed by atoms with E-state index in [0.717, 1.165) is 0 Å². The zero-order chi connectivity index (χ0) is 10.0. The summed E-state index contributed by atoms with van der Waals surface area (Å²) in [6.45, 7) is 0. The molecule has 13 heavy (non-hydrogen) atoms. The molecule has 0 spiro atoms. The van der Waals surface area contributed by atoms with Crippen LogP contribution in [0.3, 0.4) is 0 Å². The van der Waals surface area contributed by atoms with Gasteiger partial charge in [0.2, 0.25) is 0 Å². The van der Waals surface area contributed by atoms with E-state index in [1.54, 1.807) is 22.6 Å². The van der Waals surface area contributed by atoms with E-state index in [2.05, 4.69) is 4.98 Å². The third-order valence-corrected chi connectivity index (χ3v) is 2.82. The van der Waals surface area contributed by atoms with E-state index in [1.807, 2.05) is 0 Å². The van der Waals surface area contributed by atoms with Crippen LogP contribution in [0.5, 0.6) is 0 Å². The summed E-state index contributed by atoms with van der Waals surface area (Å²) < 4.78 is 25.1. The second-order valence-electron chi connectivity index (χ2n) is 2.23. The summed E-state index contributed by atoms with van der Waals surface area (Å²) in [5.41, 5.74) is 0.275. The fraction of sp³-hybridized carbons (Fsp3) is 0.286. The van der Waals surface area contributed by atoms with Crippen LogP contribution in [0.2, 0.25) is 5.15 Å². The van der Waals surface area contributed by atoms with Crippen molar-refractivity contribution in [3.8, 4) is 0 Å². The molecule has 0 radical (unpaired) electrons. The van der Waals surface area contributed by atoms with Crippen molar-refractivity contribution in [1.82, 2.24) is 4.98 Å². The summed E-state index contributed by atoms with van der Waals surface area (Å²) in [6, 6.07) is 1.50. The lowest BCUT2D eigenvalue weighted by atomic mass is 10.2. The number of rotatable bonds is 2. The Morgan fingerprint density at radius 2 is 2.15 bits per heavy atom. The third kappa shape index (κ3) is 2.63. The highest BCUT2D eigenvalue weighted by atomic mass is 127. The van der Waals surface area contributed by atoms with Crippen LogP contribution in [0, 0.1) is 3.57 Å². The first-order valence-electron chi connectivity index (χ1n) is 3.25. The maximum Gasteiger partial charge on any atom is 0.267 e. The van der Waals surface area contributed by atoms with Crippen LogP contribution < -0.4 is 0 Å². The summed E-state index contributed by atoms with van der Waals surface area (Å²) in [6.07, 6.45) is -2.60. The van der Waals surface area contributed by atoms with Gasteiger partial charge in [-0.15, -0.1) is 11.6 Å². The Kier molecular flexibility index (Phi) is 4.12. The number of aromatic nitrogens is 1. The molecule has 0 aromatic carbocycles. The van der Waals surface area contributed by atoms with Crippen molar-refractivity contribution in [2.24, 2.45) is 0 Å². The normalized spacial score (nSPS) is 10.9. The maximum absolute atomic E-state index is 12.4. The van der Waals surface area contributed by atoms with Crippen molar-refractivity contribution in [3.05, 3.63) is 26.0 Å². The summed E-state index contributed by atoms with van der Waals surface area (Å²) in [5.74, 6) is 0.166. The highest BCUT2D eigenvalue weighted by Gasteiger charge is 2.17. The molecule has 0 atom stereocenters. The van der Waals surface area contributed by atoms with Crippen LogP contribution >= 0.6 is 45.8 Å². The molecule has 0 aliphatic carbocycles. The van der Waals surface area contributed by atoms with Gasteiger partial charge in [-0.3, -0.25) is 0 Å². The third-order valence-electron chi connectivity index (χ3n) is 1.37. The Hall–Kier alpha value is 0.320. The van der Waals surface area contributed by atoms with E-state index in [9.17, 15) is 8.78 Å². The maximum atomic E-state index is 12.4. The molecule has 0 aliphatic heterocycles. The predicted octanol–water partition coefficient (Wildman–Crippen LogP) is 4.02. The van der Waals surface area contributed by atoms with Crippen molar-refractivity contribution in [2.75, 3.05) is 0 Å². The molecule has 1 rings (SSSR count). The van der Waals surface area contributed by atoms with E-state index in [4.69, 9.17) is 23.2 Å². The number of nitrogens with zero attached hydrogens (tertiary/aromatic N) is 1. The van der Waals surface area contributed by atoms with Gasteiger partial charge in [0.15, 0.2) is 0 Å². The van der Waals surface area contributed by atoms with Gasteiger partial charge < -0.3 is 0 Å². The molecule has 0 fully saturated rings. The molecule has 6 heteroatoms. The Morgan fingerprint density at radius 1 is 1.54 bits per heavy atom. The minimum Gasteiger partial charge on any atom is -0.239 e. The molecule has 0 saturated carbocycles. The lowest BCUT2D eigenvalue weighted by Gasteiger charge is -2.06. The Balaban J connectivity index is 3.23. The minimum absolute atomic E-state index is 0.166. The first-order chi connectivity index (χ1) is 6.06. The molecule has 72 valence electrons. The molecule has 0 N–H and O–H groups in total. The lowest BCUT2D eigenvalue weighted by Crippen LogP contribution is -1.97. The molecular weight excluding hydrogens is 334 g/mol. The van der Waals surface area contributed by atoms with Crippen molar-refractivity contribution >= 4 is 45.8 Å². The van der Waals surface area contributed by atoms with Crippen molar-refractivity contribution in [3.63, 3.8) is 0 Å². The second-order valence-corrected chi connectivity index (χ2v) is 4.02. The summed E-state index contributed by atoms with van der Waals surface area (Å²) in [4.78, 5) is 3.72. The van der Waals surface area contributed by atoms with E-state index < -0.39 is 6.43 Å². The van der Waals surface area contributed by atoms with Gasteiger partial charge >= 0.3 is 0 Å². The van der Waals surface area contributed by atoms with E-state index in [0.29, 0.717) is 9.26 Å². The zero-order valence-corrected chi connectivity index (χ0v) is 9.87. The van der Waals surface area contributed by atoms with Crippen molar-refractivity contribution in [2.45, 2.75) is 12.3 Å². The van der Waals surface area contributed by atoms with Crippen LogP contribution in [-0.4, -0.2) is 4.98 Å². The van der Waals surface area contributed by atoms with Gasteiger partial charge in [0, 0.05) is 3.57 Å². The molecule has 0 bridgehead atoms. The first-order valence-corrected chi connectivity index (χ1v) is 5.24. The molecule has 0 saturated heterocycles. The minimum atomic E-state index is -2.60. The van der Waals surface area contributed by atoms with Gasteiger partial charge in [-0.05, 0) is 28.7 Å². The summed E-state index contributed by atoms with van der Waals surface area (Å²) in [5, 5.41) is -0.169. The SMILES string of the molecule is FC(F)c1c(I)cc(CCl)nc1Cl. The number of pyridine rings is 1. The smallest absolute Gasteiger partial charge is 0.239 e. The van der Waals surface area contributed by atoms with Crippen molar-refractivity contribution in [1.29, 1.82) is 0 Å². The molecular formula is C7H4Cl2F2IN. The van der Waals surface area contributed by atoms with Gasteiger partial charge in [0.05, 0.1) is 17.1 Å². The van der Waals surface area contributed by atoms with Crippen molar-refractivity contribution < 1.29 is 8.78 Å². The molecule has 1 aromatic rings. The molecule has 1 aromatic heterocycles. The van der Waals surface area contributed by atoms with Gasteiger partial charge in [0.25, 0.3) is 6.43 Å². The van der Waals surface area contributed by atoms with Gasteiger partial charge in [0.1, 0.15) is 5.15 Å². The zero-order valence-electron chi connectivity index (χ0n) is 6.20. The molecule has 0 aliphatic rings. The van der Waals surface area contributed by atoms with Gasteiger partial charge in [-0.1, -0.05) is 11.6 Å². The topological polar surface area (TPSA) is 12.9 Å². The lowest BCUT2D eigenvalue weighted by molar-refractivity contribution is 0.150. The average molecular weight is 338 g/mol. The van der Waals surface area contributed by atoms with Crippen LogP contribution in [0.25, 0.3) is 0 Å². The fourth-order valence-electron chi connectivity index (χ4n) is 0.804. The second kappa shape index (κ2) is 4.70. The Morgan fingerprint density at radius 3 is 2.54 bits per heavy atom. The predicted molar refractivity (Wildman–Crippen MR) is 56.5 cm³/mol. The number of alkyl halides is 3. The molecule has 0 unspecified atom stereocenters. The Labute approximate surface area is 97.6 Å². The number of halogens is 5. The Bertz CT molecular complexity index is 296. The largest absolute Gasteiger partial charge is 0.267 e. The molecule has 1 heterocycles. The van der Waals surface area contributed by atoms with E-state index >= 15 is 0 Å². The first kappa shape index (κ1) is 11.4. The highest BCUT2D eigenvalue weighted by molar-refractivity contribution is 14.1. The highest BCUT2D eigenvalue weighted by Crippen LogP contribution is 2.30. The van der Waals surface area contributed by atoms with Crippen LogP contribution in [0.15, 0.2) is 6.07 Å². The fourth-order valence-corrected chi connectivity index (χ4v) is 2.24. The molecule has 0 amide bonds. The number of hydrogen-bond acceptors (Lipinski definition) is 1. The summed E-state index contributed by atoms with van der Waals surface area (Å²) >= 11 is 12.8. The van der Waals surface area contributed by atoms with E-state index in [-0.39, 0.29) is 16.6 Å².